The van der Waals surface area contributed by atoms with Gasteiger partial charge in [0.1, 0.15) is 0 Å². The molecule has 0 bridgehead atoms. The van der Waals surface area contributed by atoms with Gasteiger partial charge in [-0.05, 0) is 0 Å². The van der Waals surface area contributed by atoms with E-state index in [1.54, 1.807) is 0 Å². The molecular formula is C51H78BiN3O3Si3. The Labute approximate surface area is 385 Å². The van der Waals surface area contributed by atoms with Crippen LogP contribution in [0.2, 0.25) is 0 Å². The van der Waals surface area contributed by atoms with Crippen molar-refractivity contribution in [3.8, 4) is 0 Å². The van der Waals surface area contributed by atoms with Crippen molar-refractivity contribution in [1.82, 2.24) is 13.7 Å². The number of benzene rings is 3. The summed E-state index contributed by atoms with van der Waals surface area (Å²) in [6.07, 6.45) is 9.79. The molecule has 0 aliphatic rings. The van der Waals surface area contributed by atoms with Crippen LogP contribution in [0.3, 0.4) is 0 Å². The third-order valence-corrected chi connectivity index (χ3v) is 27.5. The van der Waals surface area contributed by atoms with Gasteiger partial charge < -0.3 is 0 Å². The fourth-order valence-corrected chi connectivity index (χ4v) is 20.9. The van der Waals surface area contributed by atoms with Gasteiger partial charge in [0.05, 0.1) is 0 Å². The van der Waals surface area contributed by atoms with E-state index in [9.17, 15) is 0 Å². The van der Waals surface area contributed by atoms with Crippen molar-refractivity contribution in [2.24, 2.45) is 16.2 Å². The maximum atomic E-state index is 6.39. The summed E-state index contributed by atoms with van der Waals surface area (Å²) in [7, 11) is 2.15. The van der Waals surface area contributed by atoms with E-state index in [0.717, 1.165) is 50.7 Å². The van der Waals surface area contributed by atoms with E-state index in [0.29, 0.717) is 0 Å². The summed E-state index contributed by atoms with van der Waals surface area (Å²) in [5.41, 5.74) is 3.44. The third-order valence-electron chi connectivity index (χ3n) is 15.5. The van der Waals surface area contributed by atoms with Gasteiger partial charge in [0.15, 0.2) is 0 Å². The summed E-state index contributed by atoms with van der Waals surface area (Å²) in [4.78, 5) is 0. The van der Waals surface area contributed by atoms with Crippen LogP contribution in [-0.4, -0.2) is 83.7 Å². The van der Waals surface area contributed by atoms with Crippen molar-refractivity contribution < 1.29 is 13.3 Å². The standard InChI is InChI=1S/3C17H26NOSi.Bi/c3*1-13(12-17(5,19-20)16(2,3)4)18-11-10-14-8-6-7-9-15(14)18;/h3*6,8-11,13H,12H2,1-5,20H3;. The molecule has 0 saturated heterocycles. The van der Waals surface area contributed by atoms with Gasteiger partial charge in [-0.15, -0.1) is 0 Å². The van der Waals surface area contributed by atoms with Crippen LogP contribution in [0, 0.1) is 16.2 Å². The molecule has 6 unspecified atom stereocenters. The first kappa shape index (κ1) is 48.2. The molecule has 61 heavy (non-hydrogen) atoms. The molecule has 6 atom stereocenters. The number of fused-ring (bicyclic) bond motifs is 3. The number of aromatic nitrogens is 3. The average molecular weight is 1070 g/mol. The fraction of sp³-hybridized carbons (Fsp3) is 0.529. The second-order valence-electron chi connectivity index (χ2n) is 21.9. The molecule has 0 N–H and O–H groups in total. The molecule has 6 aromatic rings. The molecule has 3 aromatic carbocycles. The molecule has 3 aromatic heterocycles. The number of hydrogen-bond acceptors (Lipinski definition) is 3. The van der Waals surface area contributed by atoms with Gasteiger partial charge in [-0.25, -0.2) is 0 Å². The van der Waals surface area contributed by atoms with E-state index in [-0.39, 0.29) is 51.2 Å². The van der Waals surface area contributed by atoms with E-state index in [4.69, 9.17) is 13.3 Å². The van der Waals surface area contributed by atoms with E-state index in [1.807, 2.05) is 0 Å². The van der Waals surface area contributed by atoms with Crippen LogP contribution in [-0.2, 0) is 13.3 Å². The molecule has 0 spiro atoms. The minimum absolute atomic E-state index is 0.0350. The SMILES string of the molecule is CC(CC(C)(O[SiH3])C(C)(C)C)n1ccc2cc[c]([Bi]([c]3ccc4ccn(C(C)CC(C)(O[SiH3])C(C)(C)C)c4c3)[c]3ccc4ccn(C(C)CC(C)(O[SiH3])C(C)(C)C)c4c3)cc21. The zero-order chi connectivity index (χ0) is 45.1. The Morgan fingerprint density at radius 2 is 0.672 bits per heavy atom. The van der Waals surface area contributed by atoms with E-state index in [2.05, 4.69) is 209 Å². The Morgan fingerprint density at radius 3 is 0.885 bits per heavy atom. The van der Waals surface area contributed by atoms with Crippen molar-refractivity contribution in [1.29, 1.82) is 0 Å². The molecule has 0 aliphatic heterocycles. The minimum atomic E-state index is -2.99. The quantitative estimate of drug-likeness (QED) is 0.0975. The van der Waals surface area contributed by atoms with Crippen molar-refractivity contribution in [2.45, 2.75) is 158 Å². The summed E-state index contributed by atoms with van der Waals surface area (Å²) in [5.74, 6) is 0. The van der Waals surface area contributed by atoms with Crippen molar-refractivity contribution in [3.63, 3.8) is 0 Å². The van der Waals surface area contributed by atoms with Crippen LogP contribution in [0.25, 0.3) is 32.7 Å². The molecule has 332 valence electrons. The summed E-state index contributed by atoms with van der Waals surface area (Å²) in [5, 5.41) is 3.89. The molecule has 6 rings (SSSR count). The molecule has 0 fully saturated rings. The molecule has 10 heteroatoms. The van der Waals surface area contributed by atoms with Gasteiger partial charge in [-0.1, -0.05) is 0 Å². The first-order valence-electron chi connectivity index (χ1n) is 22.6. The monoisotopic (exact) mass is 1070 g/mol. The Kier molecular flexibility index (Phi) is 13.9. The summed E-state index contributed by atoms with van der Waals surface area (Å²) in [6, 6.07) is 30.0. The van der Waals surface area contributed by atoms with Gasteiger partial charge in [-0.2, -0.15) is 0 Å². The molecule has 0 saturated carbocycles. The molecule has 0 amide bonds. The van der Waals surface area contributed by atoms with E-state index >= 15 is 0 Å². The van der Waals surface area contributed by atoms with E-state index < -0.39 is 21.8 Å². The van der Waals surface area contributed by atoms with E-state index in [1.165, 1.54) is 42.5 Å². The number of hydrogen-bond donors (Lipinski definition) is 0. The molecular weight excluding hydrogens is 996 g/mol. The maximum absolute atomic E-state index is 6.39. The van der Waals surface area contributed by atoms with Crippen LogP contribution in [0.1, 0.15) is 141 Å². The Balaban J connectivity index is 1.51. The van der Waals surface area contributed by atoms with Gasteiger partial charge in [0.25, 0.3) is 0 Å². The predicted octanol–water partition coefficient (Wildman–Crippen LogP) is 8.23. The van der Waals surface area contributed by atoms with Crippen LogP contribution in [0.4, 0.5) is 0 Å². The third kappa shape index (κ3) is 9.30. The summed E-state index contributed by atoms with van der Waals surface area (Å²) in [6.45, 7) is 34.9. The summed E-state index contributed by atoms with van der Waals surface area (Å²) >= 11 is -2.99. The Bertz CT molecular complexity index is 2200. The molecule has 3 heterocycles. The summed E-state index contributed by atoms with van der Waals surface area (Å²) < 4.78 is 31.2. The predicted molar refractivity (Wildman–Crippen MR) is 275 cm³/mol. The van der Waals surface area contributed by atoms with Gasteiger partial charge in [-0.3, -0.25) is 0 Å². The van der Waals surface area contributed by atoms with Crippen molar-refractivity contribution in [2.75, 3.05) is 0 Å². The average Bonchev–Trinajstić information content (AvgIpc) is 3.93. The van der Waals surface area contributed by atoms with Crippen LogP contribution < -0.4 is 9.81 Å². The first-order chi connectivity index (χ1) is 28.3. The van der Waals surface area contributed by atoms with Crippen molar-refractivity contribution >= 4 is 95.7 Å². The second kappa shape index (κ2) is 17.6. The molecule has 0 aliphatic carbocycles. The Morgan fingerprint density at radius 1 is 0.426 bits per heavy atom. The Hall–Kier alpha value is -2.31. The van der Waals surface area contributed by atoms with Gasteiger partial charge in [0.2, 0.25) is 0 Å². The second-order valence-corrected chi connectivity index (χ2v) is 31.8. The first-order valence-corrected chi connectivity index (χ1v) is 30.2. The fourth-order valence-electron chi connectivity index (χ4n) is 9.50. The zero-order valence-corrected chi connectivity index (χ0v) is 50.5. The normalized spacial score (nSPS) is 17.9. The molecule has 0 radical (unpaired) electrons. The number of nitrogens with zero attached hydrogens (tertiary/aromatic N) is 3. The van der Waals surface area contributed by atoms with Crippen LogP contribution in [0.5, 0.6) is 0 Å². The van der Waals surface area contributed by atoms with Gasteiger partial charge >= 0.3 is 388 Å². The van der Waals surface area contributed by atoms with Crippen molar-refractivity contribution in [3.05, 3.63) is 91.4 Å². The topological polar surface area (TPSA) is 42.5 Å². The zero-order valence-electron chi connectivity index (χ0n) is 41.0. The van der Waals surface area contributed by atoms with Crippen LogP contribution >= 0.6 is 0 Å². The number of rotatable bonds is 15. The van der Waals surface area contributed by atoms with Gasteiger partial charge in [0, 0.05) is 0 Å². The molecule has 6 nitrogen and oxygen atoms in total. The van der Waals surface area contributed by atoms with Crippen LogP contribution in [0.15, 0.2) is 91.4 Å².